The number of hydrogen-bond donors (Lipinski definition) is 0. The predicted octanol–water partition coefficient (Wildman–Crippen LogP) is 3.76. The van der Waals surface area contributed by atoms with Crippen LogP contribution in [0.25, 0.3) is 0 Å². The van der Waals surface area contributed by atoms with E-state index in [4.69, 9.17) is 16.3 Å². The molecule has 1 saturated carbocycles. The maximum Gasteiger partial charge on any atom is 0.233 e. The summed E-state index contributed by atoms with van der Waals surface area (Å²) in [6.45, 7) is 1.78. The van der Waals surface area contributed by atoms with Crippen molar-refractivity contribution in [3.05, 3.63) is 64.9 Å². The minimum absolute atomic E-state index is 0.103. The van der Waals surface area contributed by atoms with E-state index in [1.807, 2.05) is 47.5 Å². The third-order valence-corrected chi connectivity index (χ3v) is 5.68. The van der Waals surface area contributed by atoms with Gasteiger partial charge in [0.15, 0.2) is 0 Å². The van der Waals surface area contributed by atoms with Crippen LogP contribution in [0.2, 0.25) is 5.02 Å². The molecule has 0 bridgehead atoms. The summed E-state index contributed by atoms with van der Waals surface area (Å²) in [5, 5.41) is 0.702. The quantitative estimate of drug-likeness (QED) is 0.841. The van der Waals surface area contributed by atoms with Gasteiger partial charge in [0.1, 0.15) is 6.10 Å². The van der Waals surface area contributed by atoms with Crippen molar-refractivity contribution in [1.29, 1.82) is 0 Å². The lowest BCUT2D eigenvalue weighted by molar-refractivity contribution is -0.148. The van der Waals surface area contributed by atoms with Crippen molar-refractivity contribution in [1.82, 2.24) is 9.88 Å². The summed E-state index contributed by atoms with van der Waals surface area (Å²) in [4.78, 5) is 19.5. The average Bonchev–Trinajstić information content (AvgIpc) is 2.63. The Bertz CT molecular complexity index is 744. The fraction of sp³-hybridized carbons (Fsp3) is 0.400. The molecule has 1 aliphatic heterocycles. The zero-order valence-corrected chi connectivity index (χ0v) is 14.8. The van der Waals surface area contributed by atoms with Crippen LogP contribution in [0, 0.1) is 0 Å². The zero-order chi connectivity index (χ0) is 17.3. The topological polar surface area (TPSA) is 42.4 Å². The molecule has 1 aromatic carbocycles. The Labute approximate surface area is 152 Å². The zero-order valence-electron chi connectivity index (χ0n) is 14.0. The third kappa shape index (κ3) is 3.05. The van der Waals surface area contributed by atoms with E-state index in [1.54, 1.807) is 6.20 Å². The van der Waals surface area contributed by atoms with Gasteiger partial charge in [0.05, 0.1) is 18.6 Å². The summed E-state index contributed by atoms with van der Waals surface area (Å²) in [5.74, 6) is 0.221. The molecule has 4 nitrogen and oxygen atoms in total. The number of amides is 1. The molecule has 5 heteroatoms. The van der Waals surface area contributed by atoms with Crippen molar-refractivity contribution in [2.45, 2.75) is 30.8 Å². The number of carbonyl (C=O) groups excluding carboxylic acids is 1. The van der Waals surface area contributed by atoms with Crippen LogP contribution in [-0.2, 0) is 14.9 Å². The van der Waals surface area contributed by atoms with E-state index in [0.717, 1.165) is 30.4 Å². The molecule has 25 heavy (non-hydrogen) atoms. The van der Waals surface area contributed by atoms with Crippen LogP contribution in [0.15, 0.2) is 48.8 Å². The van der Waals surface area contributed by atoms with Crippen LogP contribution in [0.3, 0.4) is 0 Å². The monoisotopic (exact) mass is 356 g/mol. The summed E-state index contributed by atoms with van der Waals surface area (Å²) in [5.41, 5.74) is 1.72. The van der Waals surface area contributed by atoms with Crippen LogP contribution >= 0.6 is 11.6 Å². The van der Waals surface area contributed by atoms with Gasteiger partial charge in [-0.15, -0.1) is 0 Å². The number of carbonyl (C=O) groups is 1. The molecule has 0 radical (unpaired) electrons. The van der Waals surface area contributed by atoms with Crippen LogP contribution < -0.4 is 0 Å². The van der Waals surface area contributed by atoms with E-state index >= 15 is 0 Å². The van der Waals surface area contributed by atoms with Crippen molar-refractivity contribution in [3.63, 3.8) is 0 Å². The number of hydrogen-bond acceptors (Lipinski definition) is 3. The maximum atomic E-state index is 13.4. The van der Waals surface area contributed by atoms with Gasteiger partial charge in [0, 0.05) is 29.5 Å². The number of aromatic nitrogens is 1. The first-order valence-corrected chi connectivity index (χ1v) is 9.14. The Morgan fingerprint density at radius 3 is 2.68 bits per heavy atom. The predicted molar refractivity (Wildman–Crippen MR) is 96.5 cm³/mol. The molecule has 2 aromatic rings. The molecule has 0 spiro atoms. The van der Waals surface area contributed by atoms with Gasteiger partial charge in [-0.25, -0.2) is 0 Å². The molecule has 1 unspecified atom stereocenters. The number of benzene rings is 1. The van der Waals surface area contributed by atoms with Crippen LogP contribution in [-0.4, -0.2) is 35.5 Å². The molecule has 130 valence electrons. The number of morpholine rings is 1. The standard InChI is InChI=1S/C20H21ClN2O2/c21-17-6-4-16(5-7-17)20(8-2-9-20)19(24)23-11-12-25-18(14-23)15-3-1-10-22-13-15/h1,3-7,10,13,18H,2,8-9,11-12,14H2. The fourth-order valence-electron chi connectivity index (χ4n) is 3.83. The molecule has 2 fully saturated rings. The van der Waals surface area contributed by atoms with Gasteiger partial charge in [0.2, 0.25) is 5.91 Å². The molecular weight excluding hydrogens is 336 g/mol. The smallest absolute Gasteiger partial charge is 0.233 e. The van der Waals surface area contributed by atoms with E-state index in [9.17, 15) is 4.79 Å². The largest absolute Gasteiger partial charge is 0.370 e. The molecular formula is C20H21ClN2O2. The minimum Gasteiger partial charge on any atom is -0.370 e. The second-order valence-corrected chi connectivity index (χ2v) is 7.28. The molecule has 1 saturated heterocycles. The average molecular weight is 357 g/mol. The molecule has 2 heterocycles. The van der Waals surface area contributed by atoms with Crippen LogP contribution in [0.1, 0.15) is 36.5 Å². The summed E-state index contributed by atoms with van der Waals surface area (Å²) >= 11 is 6.02. The number of rotatable bonds is 3. The molecule has 1 amide bonds. The lowest BCUT2D eigenvalue weighted by Crippen LogP contribution is -2.54. The lowest BCUT2D eigenvalue weighted by atomic mass is 9.63. The lowest BCUT2D eigenvalue weighted by Gasteiger charge is -2.46. The maximum absolute atomic E-state index is 13.4. The highest BCUT2D eigenvalue weighted by Gasteiger charge is 2.48. The molecule has 2 aliphatic rings. The third-order valence-electron chi connectivity index (χ3n) is 5.42. The SMILES string of the molecule is O=C(N1CCOC(c2cccnc2)C1)C1(c2ccc(Cl)cc2)CCC1. The Hall–Kier alpha value is -1.91. The first kappa shape index (κ1) is 16.6. The molecule has 0 N–H and O–H groups in total. The Morgan fingerprint density at radius 1 is 1.24 bits per heavy atom. The van der Waals surface area contributed by atoms with E-state index < -0.39 is 0 Å². The number of halogens is 1. The van der Waals surface area contributed by atoms with E-state index in [0.29, 0.717) is 24.7 Å². The van der Waals surface area contributed by atoms with E-state index in [2.05, 4.69) is 4.98 Å². The molecule has 1 aliphatic carbocycles. The second kappa shape index (κ2) is 6.77. The summed E-state index contributed by atoms with van der Waals surface area (Å²) in [6.07, 6.45) is 6.36. The Balaban J connectivity index is 1.56. The van der Waals surface area contributed by atoms with Crippen molar-refractivity contribution in [2.24, 2.45) is 0 Å². The molecule has 1 atom stereocenters. The summed E-state index contributed by atoms with van der Waals surface area (Å²) in [7, 11) is 0. The summed E-state index contributed by atoms with van der Waals surface area (Å²) in [6, 6.07) is 11.7. The van der Waals surface area contributed by atoms with Gasteiger partial charge in [-0.05, 0) is 36.6 Å². The van der Waals surface area contributed by atoms with Gasteiger partial charge in [0.25, 0.3) is 0 Å². The highest BCUT2D eigenvalue weighted by molar-refractivity contribution is 6.30. The number of pyridine rings is 1. The second-order valence-electron chi connectivity index (χ2n) is 6.84. The number of ether oxygens (including phenoxy) is 1. The first-order valence-electron chi connectivity index (χ1n) is 8.76. The van der Waals surface area contributed by atoms with Crippen molar-refractivity contribution in [3.8, 4) is 0 Å². The minimum atomic E-state index is -0.387. The molecule has 4 rings (SSSR count). The van der Waals surface area contributed by atoms with Crippen LogP contribution in [0.5, 0.6) is 0 Å². The van der Waals surface area contributed by atoms with Crippen LogP contribution in [0.4, 0.5) is 0 Å². The van der Waals surface area contributed by atoms with Gasteiger partial charge in [-0.3, -0.25) is 9.78 Å². The Kier molecular flexibility index (Phi) is 4.48. The van der Waals surface area contributed by atoms with Gasteiger partial charge in [-0.2, -0.15) is 0 Å². The van der Waals surface area contributed by atoms with Crippen molar-refractivity contribution >= 4 is 17.5 Å². The number of nitrogens with zero attached hydrogens (tertiary/aromatic N) is 2. The van der Waals surface area contributed by atoms with Gasteiger partial charge < -0.3 is 9.64 Å². The highest BCUT2D eigenvalue weighted by Crippen LogP contribution is 2.46. The molecule has 1 aromatic heterocycles. The summed E-state index contributed by atoms with van der Waals surface area (Å²) < 4.78 is 5.88. The normalized spacial score (nSPS) is 22.3. The highest BCUT2D eigenvalue weighted by atomic mass is 35.5. The van der Waals surface area contributed by atoms with Crippen molar-refractivity contribution < 1.29 is 9.53 Å². The van der Waals surface area contributed by atoms with Crippen molar-refractivity contribution in [2.75, 3.05) is 19.7 Å². The van der Waals surface area contributed by atoms with Gasteiger partial charge >= 0.3 is 0 Å². The Morgan fingerprint density at radius 2 is 2.04 bits per heavy atom. The van der Waals surface area contributed by atoms with Gasteiger partial charge in [-0.1, -0.05) is 36.2 Å². The van der Waals surface area contributed by atoms with E-state index in [1.165, 1.54) is 0 Å². The fourth-order valence-corrected chi connectivity index (χ4v) is 3.96. The van der Waals surface area contributed by atoms with E-state index in [-0.39, 0.29) is 17.4 Å². The first-order chi connectivity index (χ1) is 12.2.